The molecule has 2 rings (SSSR count). The predicted octanol–water partition coefficient (Wildman–Crippen LogP) is 2.75. The third-order valence-electron chi connectivity index (χ3n) is 2.75. The molecule has 19 heavy (non-hydrogen) atoms. The molecule has 3 nitrogen and oxygen atoms in total. The summed E-state index contributed by atoms with van der Waals surface area (Å²) < 4.78 is 13.1. The van der Waals surface area contributed by atoms with Gasteiger partial charge in [-0.3, -0.25) is 0 Å². The summed E-state index contributed by atoms with van der Waals surface area (Å²) in [6.45, 7) is 0. The fourth-order valence-electron chi connectivity index (χ4n) is 1.75. The molecule has 1 atom stereocenters. The minimum Gasteiger partial charge on any atom is -0.396 e. The van der Waals surface area contributed by atoms with E-state index in [1.54, 1.807) is 24.3 Å². The fourth-order valence-corrected chi connectivity index (χ4v) is 1.75. The molecule has 0 saturated carbocycles. The first-order chi connectivity index (χ1) is 8.61. The molecule has 0 spiro atoms. The summed E-state index contributed by atoms with van der Waals surface area (Å²) in [5.74, 6) is -0.461. The molecule has 4 N–H and O–H groups in total. The molecule has 0 aliphatic carbocycles. The van der Waals surface area contributed by atoms with Crippen LogP contribution in [0, 0.1) is 17.1 Å². The number of hydrogen-bond acceptors (Lipinski definition) is 3. The molecule has 0 heterocycles. The van der Waals surface area contributed by atoms with Crippen LogP contribution in [0.2, 0.25) is 0 Å². The normalized spacial score (nSPS) is 11.2. The van der Waals surface area contributed by atoms with E-state index < -0.39 is 11.9 Å². The summed E-state index contributed by atoms with van der Waals surface area (Å²) >= 11 is 0. The van der Waals surface area contributed by atoms with Crippen molar-refractivity contribution in [3.8, 4) is 6.07 Å². The first-order valence-corrected chi connectivity index (χ1v) is 5.42. The van der Waals surface area contributed by atoms with E-state index >= 15 is 0 Å². The highest BCUT2D eigenvalue weighted by Crippen LogP contribution is 2.23. The lowest BCUT2D eigenvalue weighted by molar-refractivity contribution is 0.631. The third kappa shape index (κ3) is 3.22. The Bertz CT molecular complexity index is 622. The van der Waals surface area contributed by atoms with Gasteiger partial charge in [-0.1, -0.05) is 18.2 Å². The summed E-state index contributed by atoms with van der Waals surface area (Å²) in [5, 5.41) is 8.83. The van der Waals surface area contributed by atoms with E-state index in [1.165, 1.54) is 12.1 Å². The van der Waals surface area contributed by atoms with Gasteiger partial charge in [0.1, 0.15) is 5.82 Å². The topological polar surface area (TPSA) is 75.8 Å². The van der Waals surface area contributed by atoms with Crippen LogP contribution in [0.25, 0.3) is 0 Å². The summed E-state index contributed by atoms with van der Waals surface area (Å²) in [5.41, 5.74) is 13.7. The summed E-state index contributed by atoms with van der Waals surface area (Å²) in [4.78, 5) is 0. The van der Waals surface area contributed by atoms with Gasteiger partial charge in [-0.2, -0.15) is 5.26 Å². The number of anilines is 1. The van der Waals surface area contributed by atoms with Gasteiger partial charge in [0.2, 0.25) is 0 Å². The van der Waals surface area contributed by atoms with Crippen molar-refractivity contribution in [1.29, 1.82) is 5.26 Å². The zero-order valence-electron chi connectivity index (χ0n) is 10.0. The molecule has 0 aliphatic rings. The minimum atomic E-state index is -0.461. The lowest BCUT2D eigenvalue weighted by Crippen LogP contribution is -2.12. The van der Waals surface area contributed by atoms with E-state index in [9.17, 15) is 4.39 Å². The zero-order valence-corrected chi connectivity index (χ0v) is 10.8. The molecular formula is C14H13ClFN3. The van der Waals surface area contributed by atoms with Crippen LogP contribution >= 0.6 is 12.4 Å². The maximum absolute atomic E-state index is 13.1. The van der Waals surface area contributed by atoms with Crippen LogP contribution < -0.4 is 11.5 Å². The molecule has 0 saturated heterocycles. The van der Waals surface area contributed by atoms with Crippen molar-refractivity contribution >= 4 is 18.1 Å². The summed E-state index contributed by atoms with van der Waals surface area (Å²) in [7, 11) is 0. The summed E-state index contributed by atoms with van der Waals surface area (Å²) in [6.07, 6.45) is 0. The van der Waals surface area contributed by atoms with Crippen LogP contribution in [0.1, 0.15) is 22.7 Å². The van der Waals surface area contributed by atoms with Crippen LogP contribution in [0.3, 0.4) is 0 Å². The molecular weight excluding hydrogens is 265 g/mol. The number of nitrogens with zero attached hydrogens (tertiary/aromatic N) is 1. The average Bonchev–Trinajstić information content (AvgIpc) is 2.41. The van der Waals surface area contributed by atoms with E-state index in [1.807, 2.05) is 6.07 Å². The number of halogens is 2. The molecule has 0 radical (unpaired) electrons. The van der Waals surface area contributed by atoms with Crippen LogP contribution in [-0.2, 0) is 0 Å². The van der Waals surface area contributed by atoms with Crippen molar-refractivity contribution in [3.63, 3.8) is 0 Å². The Balaban J connectivity index is 0.00000180. The maximum atomic E-state index is 13.1. The third-order valence-corrected chi connectivity index (χ3v) is 2.75. The Kier molecular flexibility index (Phi) is 4.87. The van der Waals surface area contributed by atoms with Gasteiger partial charge in [0.05, 0.1) is 23.4 Å². The van der Waals surface area contributed by atoms with Gasteiger partial charge in [-0.25, -0.2) is 4.39 Å². The lowest BCUT2D eigenvalue weighted by atomic mass is 9.98. The monoisotopic (exact) mass is 277 g/mol. The van der Waals surface area contributed by atoms with Gasteiger partial charge in [-0.15, -0.1) is 12.4 Å². The van der Waals surface area contributed by atoms with Crippen molar-refractivity contribution in [1.82, 2.24) is 0 Å². The Labute approximate surface area is 117 Å². The van der Waals surface area contributed by atoms with Gasteiger partial charge in [-0.05, 0) is 35.4 Å². The number of nitriles is 1. The molecule has 5 heteroatoms. The zero-order chi connectivity index (χ0) is 13.1. The van der Waals surface area contributed by atoms with E-state index in [2.05, 4.69) is 6.07 Å². The largest absolute Gasteiger partial charge is 0.396 e. The first-order valence-electron chi connectivity index (χ1n) is 5.42. The summed E-state index contributed by atoms with van der Waals surface area (Å²) in [6, 6.07) is 13.0. The molecule has 0 aliphatic heterocycles. The molecule has 0 unspecified atom stereocenters. The van der Waals surface area contributed by atoms with E-state index in [-0.39, 0.29) is 18.1 Å². The van der Waals surface area contributed by atoms with E-state index in [0.29, 0.717) is 11.1 Å². The molecule has 98 valence electrons. The molecule has 0 fully saturated rings. The second-order valence-electron chi connectivity index (χ2n) is 4.00. The van der Waals surface area contributed by atoms with Crippen LogP contribution in [-0.4, -0.2) is 0 Å². The van der Waals surface area contributed by atoms with Gasteiger partial charge < -0.3 is 11.5 Å². The molecule has 0 aromatic heterocycles. The second-order valence-corrected chi connectivity index (χ2v) is 4.00. The smallest absolute Gasteiger partial charge is 0.146 e. The van der Waals surface area contributed by atoms with Gasteiger partial charge in [0.15, 0.2) is 0 Å². The highest BCUT2D eigenvalue weighted by atomic mass is 35.5. The highest BCUT2D eigenvalue weighted by Gasteiger charge is 2.11. The van der Waals surface area contributed by atoms with Crippen LogP contribution in [0.15, 0.2) is 42.5 Å². The quantitative estimate of drug-likeness (QED) is 0.829. The first kappa shape index (κ1) is 15.0. The van der Waals surface area contributed by atoms with Crippen molar-refractivity contribution in [2.45, 2.75) is 6.04 Å². The number of hydrogen-bond donors (Lipinski definition) is 2. The fraction of sp³-hybridized carbons (Fsp3) is 0.0714. The lowest BCUT2D eigenvalue weighted by Gasteiger charge is -2.13. The van der Waals surface area contributed by atoms with Crippen LogP contribution in [0.5, 0.6) is 0 Å². The van der Waals surface area contributed by atoms with Gasteiger partial charge >= 0.3 is 0 Å². The van der Waals surface area contributed by atoms with E-state index in [0.717, 1.165) is 5.56 Å². The number of benzene rings is 2. The number of nitrogen functional groups attached to an aromatic ring is 1. The molecule has 2 aromatic carbocycles. The SMILES string of the molecule is Cl.N#Cc1cccc([C@@H](N)c2ccc(F)c(N)c2)c1. The average molecular weight is 278 g/mol. The van der Waals surface area contributed by atoms with Gasteiger partial charge in [0, 0.05) is 0 Å². The second kappa shape index (κ2) is 6.19. The molecule has 0 bridgehead atoms. The van der Waals surface area contributed by atoms with Crippen molar-refractivity contribution in [2.75, 3.05) is 5.73 Å². The van der Waals surface area contributed by atoms with Crippen molar-refractivity contribution < 1.29 is 4.39 Å². The van der Waals surface area contributed by atoms with E-state index in [4.69, 9.17) is 16.7 Å². The molecule has 2 aromatic rings. The molecule has 0 amide bonds. The number of nitrogens with two attached hydrogens (primary N) is 2. The maximum Gasteiger partial charge on any atom is 0.146 e. The van der Waals surface area contributed by atoms with Crippen molar-refractivity contribution in [3.05, 3.63) is 65.0 Å². The highest BCUT2D eigenvalue weighted by molar-refractivity contribution is 5.85. The minimum absolute atomic E-state index is 0. The standard InChI is InChI=1S/C14H12FN3.ClH/c15-12-5-4-11(7-13(12)17)14(18)10-3-1-2-9(6-10)8-16;/h1-7,14H,17-18H2;1H/t14-;/m1./s1. The Morgan fingerprint density at radius 3 is 2.42 bits per heavy atom. The van der Waals surface area contributed by atoms with Gasteiger partial charge in [0.25, 0.3) is 0 Å². The Morgan fingerprint density at radius 1 is 1.11 bits per heavy atom. The number of rotatable bonds is 2. The van der Waals surface area contributed by atoms with Crippen LogP contribution in [0.4, 0.5) is 10.1 Å². The Morgan fingerprint density at radius 2 is 1.79 bits per heavy atom. The predicted molar refractivity (Wildman–Crippen MR) is 75.2 cm³/mol. The Hall–Kier alpha value is -2.09. The van der Waals surface area contributed by atoms with Crippen molar-refractivity contribution in [2.24, 2.45) is 5.73 Å².